The van der Waals surface area contributed by atoms with Crippen LogP contribution < -0.4 is 10.1 Å². The van der Waals surface area contributed by atoms with Crippen molar-refractivity contribution in [3.63, 3.8) is 0 Å². The van der Waals surface area contributed by atoms with E-state index in [2.05, 4.69) is 5.32 Å². The standard InChI is InChI=1S/C13H19NO3S/c1-3-17-12-7-5-6-11(8-12)9-14-13(15)10-18(16)4-2/h5-8H,3-4,9-10H2,1-2H3,(H,14,15). The van der Waals surface area contributed by atoms with Gasteiger partial charge in [-0.3, -0.25) is 9.00 Å². The molecular formula is C13H19NO3S. The molecule has 0 saturated carbocycles. The first-order valence-electron chi connectivity index (χ1n) is 5.99. The van der Waals surface area contributed by atoms with Gasteiger partial charge >= 0.3 is 0 Å². The molecule has 1 atom stereocenters. The zero-order valence-electron chi connectivity index (χ0n) is 10.8. The summed E-state index contributed by atoms with van der Waals surface area (Å²) in [5.74, 6) is 1.19. The highest BCUT2D eigenvalue weighted by Crippen LogP contribution is 2.12. The molecule has 5 heteroatoms. The molecular weight excluding hydrogens is 250 g/mol. The highest BCUT2D eigenvalue weighted by Gasteiger charge is 2.05. The lowest BCUT2D eigenvalue weighted by Gasteiger charge is -2.07. The second kappa shape index (κ2) is 7.87. The molecule has 0 aliphatic heterocycles. The first kappa shape index (κ1) is 14.7. The summed E-state index contributed by atoms with van der Waals surface area (Å²) in [5, 5.41) is 2.75. The monoisotopic (exact) mass is 269 g/mol. The third kappa shape index (κ3) is 5.31. The van der Waals surface area contributed by atoms with E-state index >= 15 is 0 Å². The van der Waals surface area contributed by atoms with Crippen LogP contribution in [0.3, 0.4) is 0 Å². The van der Waals surface area contributed by atoms with Crippen LogP contribution in [0.25, 0.3) is 0 Å². The zero-order valence-corrected chi connectivity index (χ0v) is 11.6. The van der Waals surface area contributed by atoms with Gasteiger partial charge in [-0.15, -0.1) is 0 Å². The topological polar surface area (TPSA) is 55.4 Å². The molecule has 0 saturated heterocycles. The van der Waals surface area contributed by atoms with Gasteiger partial charge in [-0.2, -0.15) is 0 Å². The molecule has 0 aromatic heterocycles. The summed E-state index contributed by atoms with van der Waals surface area (Å²) in [6, 6.07) is 7.57. The summed E-state index contributed by atoms with van der Waals surface area (Å²) in [7, 11) is -1.06. The molecule has 0 heterocycles. The summed E-state index contributed by atoms with van der Waals surface area (Å²) in [6.07, 6.45) is 0. The summed E-state index contributed by atoms with van der Waals surface area (Å²) < 4.78 is 16.6. The molecule has 0 radical (unpaired) electrons. The van der Waals surface area contributed by atoms with Gasteiger partial charge in [0.1, 0.15) is 11.5 Å². The van der Waals surface area contributed by atoms with Crippen molar-refractivity contribution in [2.24, 2.45) is 0 Å². The number of ether oxygens (including phenoxy) is 1. The zero-order chi connectivity index (χ0) is 13.4. The van der Waals surface area contributed by atoms with E-state index in [4.69, 9.17) is 4.74 Å². The summed E-state index contributed by atoms with van der Waals surface area (Å²) >= 11 is 0. The van der Waals surface area contributed by atoms with Crippen LogP contribution in [0.15, 0.2) is 24.3 Å². The fourth-order valence-electron chi connectivity index (χ4n) is 1.41. The predicted molar refractivity (Wildman–Crippen MR) is 73.0 cm³/mol. The average molecular weight is 269 g/mol. The third-order valence-corrected chi connectivity index (χ3v) is 3.54. The van der Waals surface area contributed by atoms with Crippen LogP contribution in [0.4, 0.5) is 0 Å². The number of carbonyl (C=O) groups excluding carboxylic acids is 1. The maximum Gasteiger partial charge on any atom is 0.232 e. The molecule has 1 unspecified atom stereocenters. The van der Waals surface area contributed by atoms with Crippen molar-refractivity contribution in [2.75, 3.05) is 18.1 Å². The maximum atomic E-state index is 11.5. The average Bonchev–Trinajstić information content (AvgIpc) is 2.37. The Kier molecular flexibility index (Phi) is 6.43. The Morgan fingerprint density at radius 1 is 1.39 bits per heavy atom. The smallest absolute Gasteiger partial charge is 0.232 e. The van der Waals surface area contributed by atoms with Gasteiger partial charge in [0, 0.05) is 23.1 Å². The van der Waals surface area contributed by atoms with Crippen molar-refractivity contribution >= 4 is 16.7 Å². The highest BCUT2D eigenvalue weighted by atomic mass is 32.2. The van der Waals surface area contributed by atoms with Gasteiger partial charge in [0.25, 0.3) is 0 Å². The minimum atomic E-state index is -1.06. The number of rotatable bonds is 7. The maximum absolute atomic E-state index is 11.5. The van der Waals surface area contributed by atoms with Crippen molar-refractivity contribution in [1.82, 2.24) is 5.32 Å². The first-order valence-corrected chi connectivity index (χ1v) is 7.48. The van der Waals surface area contributed by atoms with Crippen LogP contribution in [0.5, 0.6) is 5.75 Å². The van der Waals surface area contributed by atoms with Gasteiger partial charge in [0.15, 0.2) is 0 Å². The van der Waals surface area contributed by atoms with Crippen LogP contribution >= 0.6 is 0 Å². The van der Waals surface area contributed by atoms with E-state index in [0.717, 1.165) is 11.3 Å². The van der Waals surface area contributed by atoms with E-state index in [1.807, 2.05) is 31.2 Å². The lowest BCUT2D eigenvalue weighted by Crippen LogP contribution is -2.28. The Hall–Kier alpha value is -1.36. The Morgan fingerprint density at radius 2 is 2.17 bits per heavy atom. The van der Waals surface area contributed by atoms with Gasteiger partial charge < -0.3 is 10.1 Å². The minimum absolute atomic E-state index is 0.0711. The number of hydrogen-bond acceptors (Lipinski definition) is 3. The van der Waals surface area contributed by atoms with Crippen LogP contribution in [0, 0.1) is 0 Å². The van der Waals surface area contributed by atoms with Gasteiger partial charge in [0.05, 0.1) is 6.61 Å². The number of carbonyl (C=O) groups is 1. The fourth-order valence-corrected chi connectivity index (χ4v) is 2.01. The number of amides is 1. The van der Waals surface area contributed by atoms with Gasteiger partial charge in [-0.1, -0.05) is 19.1 Å². The molecule has 1 N–H and O–H groups in total. The molecule has 0 aliphatic carbocycles. The van der Waals surface area contributed by atoms with Crippen molar-refractivity contribution in [2.45, 2.75) is 20.4 Å². The lowest BCUT2D eigenvalue weighted by molar-refractivity contribution is -0.118. The Labute approximate surface area is 110 Å². The molecule has 4 nitrogen and oxygen atoms in total. The normalized spacial score (nSPS) is 11.9. The molecule has 0 bridgehead atoms. The molecule has 1 aromatic rings. The molecule has 1 rings (SSSR count). The van der Waals surface area contributed by atoms with E-state index in [1.54, 1.807) is 6.92 Å². The summed E-state index contributed by atoms with van der Waals surface area (Å²) in [6.45, 7) is 4.77. The number of benzene rings is 1. The SMILES string of the molecule is CCOc1cccc(CNC(=O)CS(=O)CC)c1. The highest BCUT2D eigenvalue weighted by molar-refractivity contribution is 7.85. The number of nitrogens with one attached hydrogen (secondary N) is 1. The van der Waals surface area contributed by atoms with E-state index in [9.17, 15) is 9.00 Å². The van der Waals surface area contributed by atoms with Gasteiger partial charge in [0.2, 0.25) is 5.91 Å². The first-order chi connectivity index (χ1) is 8.65. The molecule has 18 heavy (non-hydrogen) atoms. The third-order valence-electron chi connectivity index (χ3n) is 2.31. The summed E-state index contributed by atoms with van der Waals surface area (Å²) in [4.78, 5) is 11.5. The van der Waals surface area contributed by atoms with E-state index in [-0.39, 0.29) is 11.7 Å². The van der Waals surface area contributed by atoms with Gasteiger partial charge in [-0.05, 0) is 24.6 Å². The van der Waals surface area contributed by atoms with Crippen molar-refractivity contribution in [3.05, 3.63) is 29.8 Å². The van der Waals surface area contributed by atoms with Crippen LogP contribution in [-0.2, 0) is 22.1 Å². The van der Waals surface area contributed by atoms with E-state index < -0.39 is 10.8 Å². The molecule has 0 aliphatic rings. The minimum Gasteiger partial charge on any atom is -0.494 e. The van der Waals surface area contributed by atoms with Gasteiger partial charge in [-0.25, -0.2) is 0 Å². The molecule has 0 spiro atoms. The second-order valence-electron chi connectivity index (χ2n) is 3.73. The summed E-state index contributed by atoms with van der Waals surface area (Å²) in [5.41, 5.74) is 0.969. The van der Waals surface area contributed by atoms with E-state index in [0.29, 0.717) is 18.9 Å². The van der Waals surface area contributed by atoms with E-state index in [1.165, 1.54) is 0 Å². The lowest BCUT2D eigenvalue weighted by atomic mass is 10.2. The molecule has 0 fully saturated rings. The Bertz CT molecular complexity index is 420. The molecule has 1 amide bonds. The fraction of sp³-hybridized carbons (Fsp3) is 0.462. The van der Waals surface area contributed by atoms with Crippen molar-refractivity contribution < 1.29 is 13.7 Å². The van der Waals surface area contributed by atoms with Crippen LogP contribution in [-0.4, -0.2) is 28.2 Å². The Morgan fingerprint density at radius 3 is 2.83 bits per heavy atom. The quantitative estimate of drug-likeness (QED) is 0.815. The van der Waals surface area contributed by atoms with Crippen LogP contribution in [0.2, 0.25) is 0 Å². The number of hydrogen-bond donors (Lipinski definition) is 1. The van der Waals surface area contributed by atoms with Crippen LogP contribution in [0.1, 0.15) is 19.4 Å². The largest absolute Gasteiger partial charge is 0.494 e. The second-order valence-corrected chi connectivity index (χ2v) is 5.48. The van der Waals surface area contributed by atoms with Crippen molar-refractivity contribution in [3.8, 4) is 5.75 Å². The van der Waals surface area contributed by atoms with Crippen molar-refractivity contribution in [1.29, 1.82) is 0 Å². The molecule has 100 valence electrons. The molecule has 1 aromatic carbocycles. The predicted octanol–water partition coefficient (Wildman–Crippen LogP) is 1.47. The Balaban J connectivity index is 2.45.